The lowest BCUT2D eigenvalue weighted by Crippen LogP contribution is -2.39. The molecule has 4 nitrogen and oxygen atoms in total. The standard InChI is InChI=1S/C21H22N2O2/c1-14-8-9-17-12-19(15(2)22-20(17)10-14)21(25)23-18(13-24)11-16-6-4-3-5-7-16/h3-10,12,18,24H,11,13H2,1-2H3,(H,23,25). The van der Waals surface area contributed by atoms with Crippen LogP contribution in [0.1, 0.15) is 27.2 Å². The van der Waals surface area contributed by atoms with Crippen LogP contribution in [0.3, 0.4) is 0 Å². The van der Waals surface area contributed by atoms with Crippen LogP contribution in [-0.4, -0.2) is 28.6 Å². The zero-order valence-electron chi connectivity index (χ0n) is 14.5. The number of hydrogen-bond acceptors (Lipinski definition) is 3. The summed E-state index contributed by atoms with van der Waals surface area (Å²) in [6.07, 6.45) is 0.586. The van der Waals surface area contributed by atoms with Gasteiger partial charge in [0.2, 0.25) is 0 Å². The van der Waals surface area contributed by atoms with Crippen LogP contribution in [0.15, 0.2) is 54.6 Å². The molecule has 1 heterocycles. The highest BCUT2D eigenvalue weighted by Crippen LogP contribution is 2.18. The van der Waals surface area contributed by atoms with E-state index in [4.69, 9.17) is 0 Å². The van der Waals surface area contributed by atoms with Gasteiger partial charge in [0.05, 0.1) is 29.4 Å². The molecule has 1 unspecified atom stereocenters. The topological polar surface area (TPSA) is 62.2 Å². The van der Waals surface area contributed by atoms with Crippen molar-refractivity contribution < 1.29 is 9.90 Å². The van der Waals surface area contributed by atoms with Crippen LogP contribution in [0.25, 0.3) is 10.9 Å². The molecule has 3 rings (SSSR count). The predicted molar refractivity (Wildman–Crippen MR) is 99.7 cm³/mol. The molecule has 0 bridgehead atoms. The largest absolute Gasteiger partial charge is 0.394 e. The average molecular weight is 334 g/mol. The summed E-state index contributed by atoms with van der Waals surface area (Å²) >= 11 is 0. The summed E-state index contributed by atoms with van der Waals surface area (Å²) in [5, 5.41) is 13.5. The van der Waals surface area contributed by atoms with Gasteiger partial charge >= 0.3 is 0 Å². The van der Waals surface area contributed by atoms with E-state index in [1.165, 1.54) is 0 Å². The molecule has 4 heteroatoms. The molecule has 0 radical (unpaired) electrons. The molecule has 0 saturated carbocycles. The van der Waals surface area contributed by atoms with E-state index in [1.807, 2.05) is 68.4 Å². The Hall–Kier alpha value is -2.72. The molecule has 0 fully saturated rings. The fraction of sp³-hybridized carbons (Fsp3) is 0.238. The molecule has 1 atom stereocenters. The number of aromatic nitrogens is 1. The normalized spacial score (nSPS) is 12.1. The minimum Gasteiger partial charge on any atom is -0.394 e. The molecular formula is C21H22N2O2. The van der Waals surface area contributed by atoms with Gasteiger partial charge in [-0.1, -0.05) is 42.5 Å². The summed E-state index contributed by atoms with van der Waals surface area (Å²) in [7, 11) is 0. The zero-order chi connectivity index (χ0) is 17.8. The second kappa shape index (κ2) is 7.45. The molecule has 0 spiro atoms. The molecule has 2 N–H and O–H groups in total. The van der Waals surface area contributed by atoms with Crippen molar-refractivity contribution >= 4 is 16.8 Å². The molecule has 25 heavy (non-hydrogen) atoms. The summed E-state index contributed by atoms with van der Waals surface area (Å²) < 4.78 is 0. The molecule has 0 aliphatic heterocycles. The van der Waals surface area contributed by atoms with Gasteiger partial charge in [0, 0.05) is 5.39 Å². The van der Waals surface area contributed by atoms with E-state index in [0.717, 1.165) is 22.0 Å². The second-order valence-corrected chi connectivity index (χ2v) is 6.36. The van der Waals surface area contributed by atoms with Crippen LogP contribution in [0.4, 0.5) is 0 Å². The molecule has 128 valence electrons. The predicted octanol–water partition coefficient (Wildman–Crippen LogP) is 3.19. The van der Waals surface area contributed by atoms with Crippen molar-refractivity contribution in [1.82, 2.24) is 10.3 Å². The fourth-order valence-electron chi connectivity index (χ4n) is 2.93. The van der Waals surface area contributed by atoms with Crippen molar-refractivity contribution in [2.45, 2.75) is 26.3 Å². The lowest BCUT2D eigenvalue weighted by Gasteiger charge is -2.17. The lowest BCUT2D eigenvalue weighted by atomic mass is 10.0. The molecule has 1 aromatic heterocycles. The lowest BCUT2D eigenvalue weighted by molar-refractivity contribution is 0.0915. The number of carbonyl (C=O) groups is 1. The van der Waals surface area contributed by atoms with Gasteiger partial charge in [-0.15, -0.1) is 0 Å². The van der Waals surface area contributed by atoms with Crippen molar-refractivity contribution in [2.75, 3.05) is 6.61 Å². The number of hydrogen-bond donors (Lipinski definition) is 2. The van der Waals surface area contributed by atoms with Crippen molar-refractivity contribution in [1.29, 1.82) is 0 Å². The Bertz CT molecular complexity index is 891. The summed E-state index contributed by atoms with van der Waals surface area (Å²) in [6.45, 7) is 3.74. The highest BCUT2D eigenvalue weighted by Gasteiger charge is 2.16. The Morgan fingerprint density at radius 3 is 2.60 bits per heavy atom. The first-order chi connectivity index (χ1) is 12.1. The number of nitrogens with one attached hydrogen (secondary N) is 1. The van der Waals surface area contributed by atoms with Crippen LogP contribution in [-0.2, 0) is 6.42 Å². The van der Waals surface area contributed by atoms with Crippen molar-refractivity contribution in [2.24, 2.45) is 0 Å². The van der Waals surface area contributed by atoms with Crippen molar-refractivity contribution in [3.8, 4) is 0 Å². The van der Waals surface area contributed by atoms with Crippen molar-refractivity contribution in [3.05, 3.63) is 77.0 Å². The van der Waals surface area contributed by atoms with E-state index in [-0.39, 0.29) is 18.6 Å². The highest BCUT2D eigenvalue weighted by molar-refractivity contribution is 5.98. The van der Waals surface area contributed by atoms with Crippen LogP contribution in [0.5, 0.6) is 0 Å². The number of fused-ring (bicyclic) bond motifs is 1. The SMILES string of the molecule is Cc1ccc2cc(C(=O)NC(CO)Cc3ccccc3)c(C)nc2c1. The van der Waals surface area contributed by atoms with Crippen molar-refractivity contribution in [3.63, 3.8) is 0 Å². The van der Waals surface area contributed by atoms with E-state index in [1.54, 1.807) is 0 Å². The molecule has 0 aliphatic carbocycles. The van der Waals surface area contributed by atoms with Gasteiger partial charge in [-0.2, -0.15) is 0 Å². The highest BCUT2D eigenvalue weighted by atomic mass is 16.3. The maximum Gasteiger partial charge on any atom is 0.253 e. The van der Waals surface area contributed by atoms with E-state index in [2.05, 4.69) is 10.3 Å². The smallest absolute Gasteiger partial charge is 0.253 e. The number of rotatable bonds is 5. The quantitative estimate of drug-likeness (QED) is 0.753. The Kier molecular flexibility index (Phi) is 5.10. The van der Waals surface area contributed by atoms with Gasteiger partial charge in [0.1, 0.15) is 0 Å². The van der Waals surface area contributed by atoms with Gasteiger partial charge in [-0.05, 0) is 43.5 Å². The van der Waals surface area contributed by atoms with E-state index in [9.17, 15) is 9.90 Å². The minimum absolute atomic E-state index is 0.111. The number of pyridine rings is 1. The van der Waals surface area contributed by atoms with E-state index < -0.39 is 0 Å². The Morgan fingerprint density at radius 2 is 1.88 bits per heavy atom. The molecular weight excluding hydrogens is 312 g/mol. The number of benzene rings is 2. The Balaban J connectivity index is 1.81. The number of aliphatic hydroxyl groups is 1. The Labute approximate surface area is 147 Å². The summed E-state index contributed by atoms with van der Waals surface area (Å²) in [5.41, 5.74) is 4.33. The maximum absolute atomic E-state index is 12.7. The summed E-state index contributed by atoms with van der Waals surface area (Å²) in [5.74, 6) is -0.206. The first-order valence-electron chi connectivity index (χ1n) is 8.40. The van der Waals surface area contributed by atoms with E-state index >= 15 is 0 Å². The average Bonchev–Trinajstić information content (AvgIpc) is 2.61. The van der Waals surface area contributed by atoms with Crippen LogP contribution < -0.4 is 5.32 Å². The third-order valence-corrected chi connectivity index (χ3v) is 4.29. The number of amides is 1. The fourth-order valence-corrected chi connectivity index (χ4v) is 2.93. The number of nitrogens with zero attached hydrogens (tertiary/aromatic N) is 1. The zero-order valence-corrected chi connectivity index (χ0v) is 14.5. The van der Waals surface area contributed by atoms with Gasteiger partial charge in [0.15, 0.2) is 0 Å². The third-order valence-electron chi connectivity index (χ3n) is 4.29. The molecule has 2 aromatic carbocycles. The third kappa shape index (κ3) is 4.03. The van der Waals surface area contributed by atoms with Gasteiger partial charge < -0.3 is 10.4 Å². The molecule has 1 amide bonds. The second-order valence-electron chi connectivity index (χ2n) is 6.36. The van der Waals surface area contributed by atoms with Gasteiger partial charge in [0.25, 0.3) is 5.91 Å². The van der Waals surface area contributed by atoms with E-state index in [0.29, 0.717) is 17.7 Å². The Morgan fingerprint density at radius 1 is 1.12 bits per heavy atom. The van der Waals surface area contributed by atoms with Gasteiger partial charge in [-0.25, -0.2) is 0 Å². The number of carbonyl (C=O) groups excluding carboxylic acids is 1. The first kappa shape index (κ1) is 17.1. The number of aryl methyl sites for hydroxylation is 2. The van der Waals surface area contributed by atoms with Crippen LogP contribution >= 0.6 is 0 Å². The van der Waals surface area contributed by atoms with Crippen LogP contribution in [0.2, 0.25) is 0 Å². The van der Waals surface area contributed by atoms with Crippen LogP contribution in [0, 0.1) is 13.8 Å². The first-order valence-corrected chi connectivity index (χ1v) is 8.40. The monoisotopic (exact) mass is 334 g/mol. The summed E-state index contributed by atoms with van der Waals surface area (Å²) in [4.78, 5) is 17.2. The summed E-state index contributed by atoms with van der Waals surface area (Å²) in [6, 6.07) is 17.3. The van der Waals surface area contributed by atoms with Gasteiger partial charge in [-0.3, -0.25) is 9.78 Å². The minimum atomic E-state index is -0.331. The molecule has 3 aromatic rings. The molecule has 0 saturated heterocycles. The molecule has 0 aliphatic rings. The maximum atomic E-state index is 12.7. The number of aliphatic hydroxyl groups excluding tert-OH is 1.